The van der Waals surface area contributed by atoms with Crippen LogP contribution in [0.25, 0.3) is 10.6 Å². The van der Waals surface area contributed by atoms with E-state index in [1.165, 1.54) is 4.88 Å². The van der Waals surface area contributed by atoms with Crippen molar-refractivity contribution in [2.24, 2.45) is 0 Å². The fraction of sp³-hybridized carbons (Fsp3) is 0.400. The zero-order valence-electron chi connectivity index (χ0n) is 11.2. The van der Waals surface area contributed by atoms with E-state index < -0.39 is 5.60 Å². The molecule has 1 aromatic carbocycles. The number of thiazole rings is 1. The highest BCUT2D eigenvalue weighted by Gasteiger charge is 2.30. The second-order valence-corrected chi connectivity index (χ2v) is 7.35. The maximum atomic E-state index is 10.3. The molecular weight excluding hydrogens is 288 g/mol. The fourth-order valence-corrected chi connectivity index (χ4v) is 4.44. The van der Waals surface area contributed by atoms with Crippen LogP contribution in [0, 0.1) is 0 Å². The Labute approximate surface area is 127 Å². The second-order valence-electron chi connectivity index (χ2n) is 5.13. The lowest BCUT2D eigenvalue weighted by molar-refractivity contribution is 0.0675. The number of thioether (sulfide) groups is 1. The summed E-state index contributed by atoms with van der Waals surface area (Å²) < 4.78 is 0. The normalized spacial score (nSPS) is 22.2. The van der Waals surface area contributed by atoms with Gasteiger partial charge in [-0.1, -0.05) is 30.3 Å². The summed E-state index contributed by atoms with van der Waals surface area (Å²) in [4.78, 5) is 5.67. The maximum Gasteiger partial charge on any atom is 0.123 e. The van der Waals surface area contributed by atoms with Gasteiger partial charge in [-0.3, -0.25) is 0 Å². The highest BCUT2D eigenvalue weighted by Crippen LogP contribution is 2.28. The maximum absolute atomic E-state index is 10.3. The molecule has 2 heterocycles. The van der Waals surface area contributed by atoms with Gasteiger partial charge in [-0.25, -0.2) is 4.98 Å². The van der Waals surface area contributed by atoms with E-state index in [1.807, 2.05) is 36.2 Å². The zero-order valence-corrected chi connectivity index (χ0v) is 12.8. The van der Waals surface area contributed by atoms with Gasteiger partial charge in [-0.2, -0.15) is 11.8 Å². The lowest BCUT2D eigenvalue weighted by Crippen LogP contribution is -2.40. The number of aliphatic hydroxyl groups is 1. The number of benzene rings is 1. The third-order valence-corrected chi connectivity index (χ3v) is 5.69. The Morgan fingerprint density at radius 1 is 1.30 bits per heavy atom. The number of aromatic nitrogens is 1. The van der Waals surface area contributed by atoms with Gasteiger partial charge in [0.05, 0.1) is 5.60 Å². The monoisotopic (exact) mass is 306 g/mol. The van der Waals surface area contributed by atoms with Crippen LogP contribution in [-0.2, 0) is 6.54 Å². The Balaban J connectivity index is 1.55. The highest BCUT2D eigenvalue weighted by atomic mass is 32.2. The average molecular weight is 306 g/mol. The first-order valence-electron chi connectivity index (χ1n) is 6.76. The van der Waals surface area contributed by atoms with Gasteiger partial charge in [0.15, 0.2) is 0 Å². The third kappa shape index (κ3) is 3.41. The van der Waals surface area contributed by atoms with Crippen molar-refractivity contribution in [3.63, 3.8) is 0 Å². The Bertz CT molecular complexity index is 550. The molecule has 1 aromatic heterocycles. The molecule has 3 rings (SSSR count). The average Bonchev–Trinajstić information content (AvgIpc) is 3.10. The van der Waals surface area contributed by atoms with Crippen LogP contribution in [0.5, 0.6) is 0 Å². The first-order chi connectivity index (χ1) is 9.75. The fourth-order valence-electron chi connectivity index (χ4n) is 2.26. The molecule has 106 valence electrons. The molecule has 0 bridgehead atoms. The van der Waals surface area contributed by atoms with Crippen LogP contribution in [0.15, 0.2) is 36.5 Å². The van der Waals surface area contributed by atoms with Crippen LogP contribution < -0.4 is 5.32 Å². The third-order valence-electron chi connectivity index (χ3n) is 3.41. The largest absolute Gasteiger partial charge is 0.388 e. The molecule has 1 aliphatic rings. The molecule has 0 amide bonds. The van der Waals surface area contributed by atoms with E-state index in [0.29, 0.717) is 6.54 Å². The zero-order chi connectivity index (χ0) is 13.8. The van der Waals surface area contributed by atoms with Gasteiger partial charge >= 0.3 is 0 Å². The lowest BCUT2D eigenvalue weighted by atomic mass is 10.0. The summed E-state index contributed by atoms with van der Waals surface area (Å²) in [6, 6.07) is 10.2. The van der Waals surface area contributed by atoms with Crippen molar-refractivity contribution < 1.29 is 5.11 Å². The molecule has 1 unspecified atom stereocenters. The van der Waals surface area contributed by atoms with Crippen molar-refractivity contribution in [2.75, 3.05) is 18.1 Å². The minimum atomic E-state index is -0.516. The van der Waals surface area contributed by atoms with E-state index in [1.54, 1.807) is 11.3 Å². The SMILES string of the molecule is OC1(CNCc2cnc(-c3ccccc3)s2)CCSC1. The van der Waals surface area contributed by atoms with Crippen LogP contribution in [0.1, 0.15) is 11.3 Å². The highest BCUT2D eigenvalue weighted by molar-refractivity contribution is 7.99. The molecule has 0 saturated carbocycles. The molecule has 2 aromatic rings. The van der Waals surface area contributed by atoms with E-state index in [9.17, 15) is 5.11 Å². The summed E-state index contributed by atoms with van der Waals surface area (Å²) in [6.07, 6.45) is 2.82. The number of nitrogens with zero attached hydrogens (tertiary/aromatic N) is 1. The van der Waals surface area contributed by atoms with Gasteiger partial charge in [-0.15, -0.1) is 11.3 Å². The Morgan fingerprint density at radius 3 is 2.90 bits per heavy atom. The molecule has 3 nitrogen and oxygen atoms in total. The van der Waals surface area contributed by atoms with Crippen molar-refractivity contribution in [2.45, 2.75) is 18.6 Å². The molecule has 1 aliphatic heterocycles. The molecule has 1 saturated heterocycles. The number of nitrogens with one attached hydrogen (secondary N) is 1. The molecule has 0 aliphatic carbocycles. The summed E-state index contributed by atoms with van der Waals surface area (Å²) in [5.74, 6) is 1.91. The Hall–Kier alpha value is -0.880. The van der Waals surface area contributed by atoms with Gasteiger partial charge < -0.3 is 10.4 Å². The molecule has 0 spiro atoms. The van der Waals surface area contributed by atoms with Crippen molar-refractivity contribution in [3.05, 3.63) is 41.4 Å². The van der Waals surface area contributed by atoms with E-state index in [4.69, 9.17) is 0 Å². The van der Waals surface area contributed by atoms with E-state index in [0.717, 1.165) is 35.0 Å². The standard InChI is InChI=1S/C15H18N2OS2/c18-15(6-7-19-11-15)10-16-8-13-9-17-14(20-13)12-4-2-1-3-5-12/h1-5,9,16,18H,6-8,10-11H2. The smallest absolute Gasteiger partial charge is 0.123 e. The van der Waals surface area contributed by atoms with Crippen molar-refractivity contribution in [3.8, 4) is 10.6 Å². The molecule has 2 N–H and O–H groups in total. The minimum Gasteiger partial charge on any atom is -0.388 e. The van der Waals surface area contributed by atoms with Crippen LogP contribution in [0.2, 0.25) is 0 Å². The van der Waals surface area contributed by atoms with Gasteiger partial charge in [0.2, 0.25) is 0 Å². The number of hydrogen-bond donors (Lipinski definition) is 2. The topological polar surface area (TPSA) is 45.1 Å². The van der Waals surface area contributed by atoms with Crippen LogP contribution in [0.4, 0.5) is 0 Å². The van der Waals surface area contributed by atoms with E-state index in [-0.39, 0.29) is 0 Å². The minimum absolute atomic E-state index is 0.516. The quantitative estimate of drug-likeness (QED) is 0.891. The Kier molecular flexibility index (Phi) is 4.41. The van der Waals surface area contributed by atoms with Gasteiger partial charge in [0, 0.05) is 35.5 Å². The predicted molar refractivity (Wildman–Crippen MR) is 86.1 cm³/mol. The second kappa shape index (κ2) is 6.26. The molecular formula is C15H18N2OS2. The van der Waals surface area contributed by atoms with Gasteiger partial charge in [0.25, 0.3) is 0 Å². The molecule has 1 atom stereocenters. The first kappa shape index (κ1) is 14.1. The summed E-state index contributed by atoms with van der Waals surface area (Å²) >= 11 is 3.54. The molecule has 20 heavy (non-hydrogen) atoms. The first-order valence-corrected chi connectivity index (χ1v) is 8.73. The molecule has 0 radical (unpaired) electrons. The molecule has 1 fully saturated rings. The van der Waals surface area contributed by atoms with Crippen LogP contribution >= 0.6 is 23.1 Å². The van der Waals surface area contributed by atoms with Crippen molar-refractivity contribution in [1.29, 1.82) is 0 Å². The summed E-state index contributed by atoms with van der Waals surface area (Å²) in [5.41, 5.74) is 0.645. The summed E-state index contributed by atoms with van der Waals surface area (Å²) in [6.45, 7) is 1.44. The number of rotatable bonds is 5. The van der Waals surface area contributed by atoms with Crippen LogP contribution in [-0.4, -0.2) is 33.7 Å². The van der Waals surface area contributed by atoms with Crippen LogP contribution in [0.3, 0.4) is 0 Å². The molecule has 5 heteroatoms. The van der Waals surface area contributed by atoms with E-state index >= 15 is 0 Å². The van der Waals surface area contributed by atoms with Gasteiger partial charge in [-0.05, 0) is 12.2 Å². The van der Waals surface area contributed by atoms with E-state index in [2.05, 4.69) is 22.4 Å². The summed E-state index contributed by atoms with van der Waals surface area (Å²) in [7, 11) is 0. The number of hydrogen-bond acceptors (Lipinski definition) is 5. The lowest BCUT2D eigenvalue weighted by Gasteiger charge is -2.21. The van der Waals surface area contributed by atoms with Crippen molar-refractivity contribution >= 4 is 23.1 Å². The Morgan fingerprint density at radius 2 is 2.15 bits per heavy atom. The van der Waals surface area contributed by atoms with Crippen molar-refractivity contribution in [1.82, 2.24) is 10.3 Å². The summed E-state index contributed by atoms with van der Waals surface area (Å²) in [5, 5.41) is 14.7. The van der Waals surface area contributed by atoms with Gasteiger partial charge in [0.1, 0.15) is 5.01 Å². The predicted octanol–water partition coefficient (Wildman–Crippen LogP) is 2.77.